The van der Waals surface area contributed by atoms with E-state index in [0.717, 1.165) is 0 Å². The van der Waals surface area contributed by atoms with Crippen LogP contribution in [0.2, 0.25) is 0 Å². The molecule has 0 fully saturated rings. The lowest BCUT2D eigenvalue weighted by Gasteiger charge is -2.12. The summed E-state index contributed by atoms with van der Waals surface area (Å²) in [4.78, 5) is 23.9. The maximum Gasteiger partial charge on any atom is 0.269 e. The summed E-state index contributed by atoms with van der Waals surface area (Å²) in [6.07, 6.45) is 0. The van der Waals surface area contributed by atoms with E-state index in [0.29, 0.717) is 22.8 Å². The van der Waals surface area contributed by atoms with Crippen molar-refractivity contribution in [3.8, 4) is 17.2 Å². The molecule has 0 aliphatic heterocycles. The van der Waals surface area contributed by atoms with Crippen LogP contribution in [0, 0.1) is 0 Å². The molecule has 0 spiro atoms. The second-order valence-electron chi connectivity index (χ2n) is 5.12. The van der Waals surface area contributed by atoms with Crippen molar-refractivity contribution < 1.29 is 23.8 Å². The fourth-order valence-corrected chi connectivity index (χ4v) is 2.17. The molecule has 0 bridgehead atoms. The minimum atomic E-state index is -0.489. The second-order valence-corrected chi connectivity index (χ2v) is 5.53. The van der Waals surface area contributed by atoms with Crippen LogP contribution in [-0.2, 0) is 4.79 Å². The molecule has 3 N–H and O–H groups in total. The van der Waals surface area contributed by atoms with Gasteiger partial charge in [-0.25, -0.2) is 0 Å². The molecular formula is C18H19N3O5S. The molecule has 2 aromatic carbocycles. The highest BCUT2D eigenvalue weighted by molar-refractivity contribution is 7.80. The Morgan fingerprint density at radius 3 is 2.22 bits per heavy atom. The Balaban J connectivity index is 1.75. The summed E-state index contributed by atoms with van der Waals surface area (Å²) in [5.74, 6) is 0.675. The Morgan fingerprint density at radius 2 is 1.59 bits per heavy atom. The number of rotatable bonds is 6. The molecule has 2 amide bonds. The van der Waals surface area contributed by atoms with E-state index >= 15 is 0 Å². The summed E-state index contributed by atoms with van der Waals surface area (Å²) in [7, 11) is 3.04. The fraction of sp³-hybridized carbons (Fsp3) is 0.167. The molecule has 0 atom stereocenters. The van der Waals surface area contributed by atoms with Crippen LogP contribution in [0.5, 0.6) is 17.2 Å². The van der Waals surface area contributed by atoms with Gasteiger partial charge in [0, 0.05) is 5.56 Å². The number of carbonyl (C=O) groups is 2. The number of para-hydroxylation sites is 2. The Hall–Kier alpha value is -3.33. The third-order valence-corrected chi connectivity index (χ3v) is 3.53. The number of hydrogen-bond acceptors (Lipinski definition) is 6. The zero-order valence-electron chi connectivity index (χ0n) is 14.8. The Kier molecular flexibility index (Phi) is 7.38. The average Bonchev–Trinajstić information content (AvgIpc) is 2.70. The third-order valence-electron chi connectivity index (χ3n) is 3.32. The fourth-order valence-electron chi connectivity index (χ4n) is 2.00. The Bertz CT molecular complexity index is 811. The van der Waals surface area contributed by atoms with E-state index < -0.39 is 11.8 Å². The first-order valence-corrected chi connectivity index (χ1v) is 8.24. The largest absolute Gasteiger partial charge is 0.497 e. The van der Waals surface area contributed by atoms with Crippen LogP contribution < -0.4 is 30.4 Å². The number of nitrogens with one attached hydrogen (secondary N) is 3. The zero-order chi connectivity index (χ0) is 19.6. The highest BCUT2D eigenvalue weighted by atomic mass is 32.1. The molecule has 27 heavy (non-hydrogen) atoms. The normalized spacial score (nSPS) is 9.70. The Labute approximate surface area is 161 Å². The van der Waals surface area contributed by atoms with Gasteiger partial charge in [-0.15, -0.1) is 0 Å². The summed E-state index contributed by atoms with van der Waals surface area (Å²) in [5.41, 5.74) is 5.24. The van der Waals surface area contributed by atoms with E-state index in [1.807, 2.05) is 0 Å². The average molecular weight is 389 g/mol. The monoisotopic (exact) mass is 389 g/mol. The van der Waals surface area contributed by atoms with Crippen LogP contribution in [0.1, 0.15) is 10.4 Å². The molecule has 8 nitrogen and oxygen atoms in total. The summed E-state index contributed by atoms with van der Waals surface area (Å²) in [6, 6.07) is 13.4. The molecule has 142 valence electrons. The van der Waals surface area contributed by atoms with Crippen molar-refractivity contribution >= 4 is 29.1 Å². The SMILES string of the molecule is COc1ccc(C(=O)NNC(=S)NC(=O)COc2ccccc2OC)cc1. The smallest absolute Gasteiger partial charge is 0.269 e. The van der Waals surface area contributed by atoms with E-state index in [1.54, 1.807) is 48.5 Å². The lowest BCUT2D eigenvalue weighted by molar-refractivity contribution is -0.121. The van der Waals surface area contributed by atoms with Crippen LogP contribution in [0.25, 0.3) is 0 Å². The van der Waals surface area contributed by atoms with Gasteiger partial charge in [0.15, 0.2) is 23.2 Å². The van der Waals surface area contributed by atoms with Gasteiger partial charge in [-0.1, -0.05) is 12.1 Å². The molecule has 9 heteroatoms. The van der Waals surface area contributed by atoms with E-state index in [-0.39, 0.29) is 11.7 Å². The number of benzene rings is 2. The van der Waals surface area contributed by atoms with Gasteiger partial charge in [-0.2, -0.15) is 0 Å². The van der Waals surface area contributed by atoms with Crippen LogP contribution >= 0.6 is 12.2 Å². The molecule has 2 rings (SSSR count). The number of carbonyl (C=O) groups excluding carboxylic acids is 2. The summed E-state index contributed by atoms with van der Waals surface area (Å²) in [6.45, 7) is -0.269. The molecule has 0 unspecified atom stereocenters. The van der Waals surface area contributed by atoms with Crippen molar-refractivity contribution in [2.75, 3.05) is 20.8 Å². The molecular weight excluding hydrogens is 370 g/mol. The van der Waals surface area contributed by atoms with Crippen LogP contribution in [-0.4, -0.2) is 37.8 Å². The maximum absolute atomic E-state index is 12.0. The quantitative estimate of drug-likeness (QED) is 0.508. The van der Waals surface area contributed by atoms with Crippen LogP contribution in [0.15, 0.2) is 48.5 Å². The predicted molar refractivity (Wildman–Crippen MR) is 103 cm³/mol. The summed E-state index contributed by atoms with van der Waals surface area (Å²) < 4.78 is 15.5. The van der Waals surface area contributed by atoms with E-state index in [1.165, 1.54) is 14.2 Å². The number of hydrogen-bond donors (Lipinski definition) is 3. The summed E-state index contributed by atoms with van der Waals surface area (Å²) in [5, 5.41) is 2.33. The second kappa shape index (κ2) is 9.97. The van der Waals surface area contributed by atoms with E-state index in [4.69, 9.17) is 26.4 Å². The molecule has 0 aliphatic carbocycles. The molecule has 0 saturated heterocycles. The predicted octanol–water partition coefficient (Wildman–Crippen LogP) is 1.42. The minimum absolute atomic E-state index is 0.0644. The van der Waals surface area contributed by atoms with Crippen molar-refractivity contribution in [3.05, 3.63) is 54.1 Å². The van der Waals surface area contributed by atoms with Gasteiger partial charge >= 0.3 is 0 Å². The number of amides is 2. The number of hydrazine groups is 1. The highest BCUT2D eigenvalue weighted by Crippen LogP contribution is 2.25. The lowest BCUT2D eigenvalue weighted by Crippen LogP contribution is -2.49. The third kappa shape index (κ3) is 6.15. The maximum atomic E-state index is 12.0. The number of methoxy groups -OCH3 is 2. The van der Waals surface area contributed by atoms with Gasteiger partial charge in [0.25, 0.3) is 11.8 Å². The molecule has 2 aromatic rings. The van der Waals surface area contributed by atoms with Gasteiger partial charge in [0.1, 0.15) is 5.75 Å². The zero-order valence-corrected chi connectivity index (χ0v) is 15.6. The van der Waals surface area contributed by atoms with Crippen molar-refractivity contribution in [3.63, 3.8) is 0 Å². The molecule has 0 radical (unpaired) electrons. The Morgan fingerprint density at radius 1 is 0.926 bits per heavy atom. The first-order chi connectivity index (χ1) is 13.0. The number of thiocarbonyl (C=S) groups is 1. The highest BCUT2D eigenvalue weighted by Gasteiger charge is 2.10. The summed E-state index contributed by atoms with van der Waals surface area (Å²) >= 11 is 4.96. The molecule has 0 heterocycles. The topological polar surface area (TPSA) is 97.9 Å². The lowest BCUT2D eigenvalue weighted by atomic mass is 10.2. The van der Waals surface area contributed by atoms with Crippen molar-refractivity contribution in [1.82, 2.24) is 16.2 Å². The van der Waals surface area contributed by atoms with Gasteiger partial charge < -0.3 is 14.2 Å². The van der Waals surface area contributed by atoms with Crippen LogP contribution in [0.4, 0.5) is 0 Å². The van der Waals surface area contributed by atoms with Crippen molar-refractivity contribution in [1.29, 1.82) is 0 Å². The van der Waals surface area contributed by atoms with Gasteiger partial charge in [-0.05, 0) is 48.6 Å². The van der Waals surface area contributed by atoms with Crippen molar-refractivity contribution in [2.45, 2.75) is 0 Å². The standard InChI is InChI=1S/C18H19N3O5S/c1-24-13-9-7-12(8-10-13)17(23)20-21-18(27)19-16(22)11-26-15-6-4-3-5-14(15)25-2/h3-10H,11H2,1-2H3,(H,20,23)(H2,19,21,22,27). The van der Waals surface area contributed by atoms with E-state index in [9.17, 15) is 9.59 Å². The van der Waals surface area contributed by atoms with Gasteiger partial charge in [-0.3, -0.25) is 25.8 Å². The van der Waals surface area contributed by atoms with Gasteiger partial charge in [0.05, 0.1) is 14.2 Å². The van der Waals surface area contributed by atoms with Gasteiger partial charge in [0.2, 0.25) is 0 Å². The molecule has 0 saturated carbocycles. The first kappa shape index (κ1) is 20.0. The molecule has 0 aliphatic rings. The van der Waals surface area contributed by atoms with Crippen molar-refractivity contribution in [2.24, 2.45) is 0 Å². The van der Waals surface area contributed by atoms with Crippen LogP contribution in [0.3, 0.4) is 0 Å². The molecule has 0 aromatic heterocycles. The minimum Gasteiger partial charge on any atom is -0.497 e. The number of ether oxygens (including phenoxy) is 3. The first-order valence-electron chi connectivity index (χ1n) is 7.83. The van der Waals surface area contributed by atoms with E-state index in [2.05, 4.69) is 16.2 Å².